The third kappa shape index (κ3) is 10.2. The third-order valence-corrected chi connectivity index (χ3v) is 8.46. The first-order valence-electron chi connectivity index (χ1n) is 16.7. The van der Waals surface area contributed by atoms with Crippen LogP contribution >= 0.6 is 0 Å². The van der Waals surface area contributed by atoms with Crippen LogP contribution in [-0.2, 0) is 27.4 Å². The van der Waals surface area contributed by atoms with Crippen LogP contribution in [0.4, 0.5) is 26.7 Å². The highest BCUT2D eigenvalue weighted by Crippen LogP contribution is 2.31. The highest BCUT2D eigenvalue weighted by molar-refractivity contribution is 5.87. The van der Waals surface area contributed by atoms with Crippen molar-refractivity contribution < 1.29 is 33.7 Å². The number of carbonyl (C=O) groups excluding carboxylic acids is 3. The van der Waals surface area contributed by atoms with E-state index >= 15 is 0 Å². The molecule has 52 heavy (non-hydrogen) atoms. The lowest BCUT2D eigenvalue weighted by atomic mass is 9.90. The fourth-order valence-electron chi connectivity index (χ4n) is 5.69. The number of amides is 3. The van der Waals surface area contributed by atoms with Gasteiger partial charge in [-0.1, -0.05) is 91.0 Å². The number of nitrogens with one attached hydrogen (secondary N) is 3. The van der Waals surface area contributed by atoms with E-state index in [4.69, 9.17) is 14.2 Å². The summed E-state index contributed by atoms with van der Waals surface area (Å²) in [5.74, 6) is 0.318. The van der Waals surface area contributed by atoms with E-state index in [-0.39, 0.29) is 12.5 Å². The van der Waals surface area contributed by atoms with Gasteiger partial charge >= 0.3 is 12.2 Å². The average molecular weight is 703 g/mol. The van der Waals surface area contributed by atoms with Crippen molar-refractivity contribution >= 4 is 35.7 Å². The number of benzene rings is 5. The number of aliphatic hydroxyl groups is 1. The number of hydrogen-bond donors (Lipinski definition) is 4. The minimum Gasteiger partial charge on any atom is -0.487 e. The van der Waals surface area contributed by atoms with Crippen molar-refractivity contribution in [3.05, 3.63) is 155 Å². The first-order chi connectivity index (χ1) is 25.4. The summed E-state index contributed by atoms with van der Waals surface area (Å²) in [7, 11) is 2.66. The molecule has 5 aromatic carbocycles. The Morgan fingerprint density at radius 2 is 1.37 bits per heavy atom. The lowest BCUT2D eigenvalue weighted by Crippen LogP contribution is -2.30. The van der Waals surface area contributed by atoms with E-state index in [1.165, 1.54) is 14.2 Å². The molecule has 0 aliphatic heterocycles. The van der Waals surface area contributed by atoms with Gasteiger partial charge < -0.3 is 30.0 Å². The molecule has 0 aliphatic carbocycles. The zero-order chi connectivity index (χ0) is 36.7. The van der Waals surface area contributed by atoms with Crippen LogP contribution in [0.1, 0.15) is 39.8 Å². The minimum atomic E-state index is -0.892. The molecule has 4 N–H and O–H groups in total. The van der Waals surface area contributed by atoms with Gasteiger partial charge in [0.1, 0.15) is 12.4 Å². The van der Waals surface area contributed by atoms with Gasteiger partial charge in [-0.3, -0.25) is 15.0 Å². The number of rotatable bonds is 16. The van der Waals surface area contributed by atoms with E-state index in [0.29, 0.717) is 54.5 Å². The fraction of sp³-hybridized carbons (Fsp3) is 0.195. The van der Waals surface area contributed by atoms with E-state index in [2.05, 4.69) is 16.0 Å². The molecule has 2 atom stereocenters. The topological polar surface area (TPSA) is 138 Å². The van der Waals surface area contributed by atoms with Gasteiger partial charge in [-0.25, -0.2) is 9.59 Å². The van der Waals surface area contributed by atoms with Crippen LogP contribution in [-0.4, -0.2) is 51.0 Å². The fourth-order valence-corrected chi connectivity index (χ4v) is 5.69. The smallest absolute Gasteiger partial charge is 0.414 e. The zero-order valence-electron chi connectivity index (χ0n) is 29.0. The summed E-state index contributed by atoms with van der Waals surface area (Å²) >= 11 is 0. The van der Waals surface area contributed by atoms with E-state index in [9.17, 15) is 19.5 Å². The summed E-state index contributed by atoms with van der Waals surface area (Å²) in [6.45, 7) is 1.33. The molecule has 0 spiro atoms. The number of hydrogen-bond acceptors (Lipinski definition) is 8. The summed E-state index contributed by atoms with van der Waals surface area (Å²) in [5, 5.41) is 19.9. The lowest BCUT2D eigenvalue weighted by molar-refractivity contribution is -0.105. The molecule has 0 radical (unpaired) electrons. The van der Waals surface area contributed by atoms with Gasteiger partial charge in [0.15, 0.2) is 0 Å². The standard InChI is InChI=1S/C41H42N4O7/c1-50-40(48)44-34-18-13-31(14-19-34)36(32-15-20-35(21-16-32)45(41(49)51-2)26-29-9-5-3-6-10-29)24-42-25-38(47)33-17-22-39(37(23-33)43-28-46)52-27-30-11-7-4-8-12-30/h3-23,28,36,38,42,47H,24-27H2,1-2H3,(H,43,46)(H,44,48)/t36?,38-/m0/s1. The molecule has 5 rings (SSSR count). The van der Waals surface area contributed by atoms with Crippen LogP contribution in [0.15, 0.2) is 127 Å². The van der Waals surface area contributed by atoms with Crippen molar-refractivity contribution in [3.63, 3.8) is 0 Å². The molecule has 268 valence electrons. The van der Waals surface area contributed by atoms with Gasteiger partial charge in [0.2, 0.25) is 6.41 Å². The van der Waals surface area contributed by atoms with Crippen molar-refractivity contribution in [2.75, 3.05) is 42.8 Å². The molecule has 0 saturated carbocycles. The monoisotopic (exact) mass is 702 g/mol. The second-order valence-electron chi connectivity index (χ2n) is 11.9. The zero-order valence-corrected chi connectivity index (χ0v) is 29.0. The van der Waals surface area contributed by atoms with Crippen LogP contribution in [0.25, 0.3) is 0 Å². The van der Waals surface area contributed by atoms with E-state index < -0.39 is 18.3 Å². The molecule has 0 heterocycles. The van der Waals surface area contributed by atoms with Gasteiger partial charge in [0.05, 0.1) is 32.6 Å². The largest absolute Gasteiger partial charge is 0.487 e. The van der Waals surface area contributed by atoms with Gasteiger partial charge in [-0.2, -0.15) is 0 Å². The number of carbonyl (C=O) groups is 3. The molecule has 11 heteroatoms. The normalized spacial score (nSPS) is 11.8. The third-order valence-electron chi connectivity index (χ3n) is 8.46. The molecular formula is C41H42N4O7. The van der Waals surface area contributed by atoms with Crippen molar-refractivity contribution in [1.29, 1.82) is 0 Å². The Hall–Kier alpha value is -6.17. The van der Waals surface area contributed by atoms with Gasteiger partial charge in [0.25, 0.3) is 0 Å². The molecule has 0 bridgehead atoms. The molecule has 0 aliphatic rings. The summed E-state index contributed by atoms with van der Waals surface area (Å²) in [4.78, 5) is 37.5. The maximum atomic E-state index is 12.8. The number of aliphatic hydroxyl groups excluding tert-OH is 1. The van der Waals surface area contributed by atoms with Gasteiger partial charge in [-0.05, 0) is 64.2 Å². The van der Waals surface area contributed by atoms with Crippen molar-refractivity contribution in [1.82, 2.24) is 5.32 Å². The molecule has 5 aromatic rings. The number of nitrogens with zero attached hydrogens (tertiary/aromatic N) is 1. The molecular weight excluding hydrogens is 660 g/mol. The van der Waals surface area contributed by atoms with Crippen LogP contribution < -0.4 is 25.6 Å². The molecule has 3 amide bonds. The first kappa shape index (κ1) is 37.1. The van der Waals surface area contributed by atoms with Crippen molar-refractivity contribution in [2.45, 2.75) is 25.2 Å². The molecule has 0 aromatic heterocycles. The maximum Gasteiger partial charge on any atom is 0.414 e. The van der Waals surface area contributed by atoms with Crippen LogP contribution in [0.2, 0.25) is 0 Å². The number of anilines is 3. The van der Waals surface area contributed by atoms with Crippen LogP contribution in [0, 0.1) is 0 Å². The Kier molecular flexibility index (Phi) is 13.4. The first-order valence-corrected chi connectivity index (χ1v) is 16.7. The molecule has 1 unspecified atom stereocenters. The summed E-state index contributed by atoms with van der Waals surface area (Å²) in [5.41, 5.74) is 6.17. The Morgan fingerprint density at radius 3 is 1.98 bits per heavy atom. The molecule has 0 saturated heterocycles. The quantitative estimate of drug-likeness (QED) is 0.0790. The van der Waals surface area contributed by atoms with Crippen LogP contribution in [0.5, 0.6) is 5.75 Å². The second-order valence-corrected chi connectivity index (χ2v) is 11.9. The number of methoxy groups -OCH3 is 2. The predicted molar refractivity (Wildman–Crippen MR) is 201 cm³/mol. The SMILES string of the molecule is COC(=O)Nc1ccc(C(CNC[C@H](O)c2ccc(OCc3ccccc3)c(NC=O)c2)c2ccc(N(Cc3ccccc3)C(=O)OC)cc2)cc1. The van der Waals surface area contributed by atoms with E-state index in [0.717, 1.165) is 22.3 Å². The van der Waals surface area contributed by atoms with Crippen molar-refractivity contribution in [2.24, 2.45) is 0 Å². The Labute approximate surface area is 303 Å². The highest BCUT2D eigenvalue weighted by atomic mass is 16.5. The molecule has 11 nitrogen and oxygen atoms in total. The Bertz CT molecular complexity index is 1890. The van der Waals surface area contributed by atoms with Gasteiger partial charge in [0, 0.05) is 30.4 Å². The second kappa shape index (κ2) is 18.7. The Balaban J connectivity index is 1.32. The van der Waals surface area contributed by atoms with Crippen LogP contribution in [0.3, 0.4) is 0 Å². The molecule has 0 fully saturated rings. The lowest BCUT2D eigenvalue weighted by Gasteiger charge is -2.24. The highest BCUT2D eigenvalue weighted by Gasteiger charge is 2.20. The number of ether oxygens (including phenoxy) is 3. The van der Waals surface area contributed by atoms with Gasteiger partial charge in [-0.15, -0.1) is 0 Å². The summed E-state index contributed by atoms with van der Waals surface area (Å²) in [6, 6.07) is 39.7. The summed E-state index contributed by atoms with van der Waals surface area (Å²) in [6.07, 6.45) is -1.35. The van der Waals surface area contributed by atoms with E-state index in [1.54, 1.807) is 35.2 Å². The maximum absolute atomic E-state index is 12.8. The Morgan fingerprint density at radius 1 is 0.750 bits per heavy atom. The summed E-state index contributed by atoms with van der Waals surface area (Å²) < 4.78 is 15.8. The van der Waals surface area contributed by atoms with E-state index in [1.807, 2.05) is 97.1 Å². The predicted octanol–water partition coefficient (Wildman–Crippen LogP) is 7.24. The average Bonchev–Trinajstić information content (AvgIpc) is 3.19. The minimum absolute atomic E-state index is 0.171. The van der Waals surface area contributed by atoms with Crippen molar-refractivity contribution in [3.8, 4) is 5.75 Å².